The van der Waals surface area contributed by atoms with Gasteiger partial charge in [0.15, 0.2) is 0 Å². The van der Waals surface area contributed by atoms with Gasteiger partial charge in [0.1, 0.15) is 5.75 Å². The Morgan fingerprint density at radius 2 is 2.29 bits per heavy atom. The van der Waals surface area contributed by atoms with Gasteiger partial charge in [-0.3, -0.25) is 0 Å². The molecule has 0 saturated heterocycles. The lowest BCUT2D eigenvalue weighted by atomic mass is 9.96. The molecule has 2 unspecified atom stereocenters. The maximum atomic E-state index is 6.18. The molecule has 1 rings (SSSR count). The molecule has 1 aromatic heterocycles. The highest BCUT2D eigenvalue weighted by Crippen LogP contribution is 2.34. The van der Waals surface area contributed by atoms with E-state index in [1.807, 2.05) is 11.4 Å². The van der Waals surface area contributed by atoms with Gasteiger partial charge >= 0.3 is 0 Å². The number of ether oxygens (including phenoxy) is 1. The van der Waals surface area contributed by atoms with Crippen LogP contribution in [0.5, 0.6) is 5.75 Å². The molecule has 0 bridgehead atoms. The number of methoxy groups -OCH3 is 1. The molecule has 3 heteroatoms. The zero-order valence-corrected chi connectivity index (χ0v) is 9.93. The van der Waals surface area contributed by atoms with E-state index in [1.165, 1.54) is 17.7 Å². The molecule has 2 nitrogen and oxygen atoms in total. The van der Waals surface area contributed by atoms with Crippen LogP contribution in [0.4, 0.5) is 0 Å². The molecule has 0 aliphatic rings. The van der Waals surface area contributed by atoms with E-state index in [0.717, 1.165) is 5.75 Å². The lowest BCUT2D eigenvalue weighted by Gasteiger charge is -2.18. The Morgan fingerprint density at radius 1 is 1.57 bits per heavy atom. The summed E-state index contributed by atoms with van der Waals surface area (Å²) in [6, 6.07) is 2.10. The number of rotatable bonds is 5. The van der Waals surface area contributed by atoms with Crippen molar-refractivity contribution in [1.29, 1.82) is 0 Å². The highest BCUT2D eigenvalue weighted by molar-refractivity contribution is 7.10. The standard InChI is InChI=1S/C11H19NOS/c1-4-5-8(2)10(12)11-9(13-3)6-7-14-11/h6-8,10H,4-5,12H2,1-3H3. The fourth-order valence-corrected chi connectivity index (χ4v) is 2.61. The van der Waals surface area contributed by atoms with Crippen LogP contribution in [-0.4, -0.2) is 7.11 Å². The summed E-state index contributed by atoms with van der Waals surface area (Å²) in [5.41, 5.74) is 6.18. The largest absolute Gasteiger partial charge is 0.496 e. The molecule has 0 amide bonds. The summed E-state index contributed by atoms with van der Waals surface area (Å²) >= 11 is 1.69. The molecule has 0 aromatic carbocycles. The second-order valence-electron chi connectivity index (χ2n) is 3.64. The van der Waals surface area contributed by atoms with Crippen LogP contribution in [0.25, 0.3) is 0 Å². The lowest BCUT2D eigenvalue weighted by Crippen LogP contribution is -2.18. The average Bonchev–Trinajstić information content (AvgIpc) is 2.64. The first-order valence-corrected chi connectivity index (χ1v) is 5.95. The molecule has 0 fully saturated rings. The smallest absolute Gasteiger partial charge is 0.134 e. The average molecular weight is 213 g/mol. The van der Waals surface area contributed by atoms with Gasteiger partial charge in [-0.05, 0) is 23.8 Å². The zero-order chi connectivity index (χ0) is 10.6. The van der Waals surface area contributed by atoms with Crippen LogP contribution in [0.15, 0.2) is 11.4 Å². The minimum absolute atomic E-state index is 0.116. The van der Waals surface area contributed by atoms with Crippen molar-refractivity contribution in [2.45, 2.75) is 32.7 Å². The van der Waals surface area contributed by atoms with E-state index in [9.17, 15) is 0 Å². The van der Waals surface area contributed by atoms with E-state index < -0.39 is 0 Å². The SMILES string of the molecule is CCCC(C)C(N)c1sccc1OC. The normalized spacial score (nSPS) is 15.1. The third-order valence-electron chi connectivity index (χ3n) is 2.54. The first-order valence-electron chi connectivity index (χ1n) is 5.07. The summed E-state index contributed by atoms with van der Waals surface area (Å²) in [6.07, 6.45) is 2.35. The Labute approximate surface area is 90.1 Å². The van der Waals surface area contributed by atoms with Gasteiger partial charge in [-0.1, -0.05) is 20.3 Å². The molecule has 0 aliphatic heterocycles. The molecule has 14 heavy (non-hydrogen) atoms. The summed E-state index contributed by atoms with van der Waals surface area (Å²) in [5, 5.41) is 2.03. The van der Waals surface area contributed by atoms with Crippen molar-refractivity contribution in [2.75, 3.05) is 7.11 Å². The van der Waals surface area contributed by atoms with Gasteiger partial charge < -0.3 is 10.5 Å². The minimum atomic E-state index is 0.116. The molecule has 2 atom stereocenters. The van der Waals surface area contributed by atoms with Gasteiger partial charge in [0, 0.05) is 6.04 Å². The lowest BCUT2D eigenvalue weighted by molar-refractivity contribution is 0.388. The molecule has 0 spiro atoms. The van der Waals surface area contributed by atoms with E-state index >= 15 is 0 Å². The first kappa shape index (κ1) is 11.5. The minimum Gasteiger partial charge on any atom is -0.496 e. The Balaban J connectivity index is 2.72. The monoisotopic (exact) mass is 213 g/mol. The Kier molecular flexibility index (Phi) is 4.42. The molecule has 0 saturated carbocycles. The molecule has 1 heterocycles. The maximum Gasteiger partial charge on any atom is 0.134 e. The van der Waals surface area contributed by atoms with Crippen molar-refractivity contribution < 1.29 is 4.74 Å². The van der Waals surface area contributed by atoms with Crippen molar-refractivity contribution in [2.24, 2.45) is 11.7 Å². The predicted octanol–water partition coefficient (Wildman–Crippen LogP) is 3.19. The number of hydrogen-bond acceptors (Lipinski definition) is 3. The highest BCUT2D eigenvalue weighted by Gasteiger charge is 2.18. The van der Waals surface area contributed by atoms with E-state index in [0.29, 0.717) is 5.92 Å². The van der Waals surface area contributed by atoms with E-state index in [1.54, 1.807) is 18.4 Å². The van der Waals surface area contributed by atoms with E-state index in [-0.39, 0.29) is 6.04 Å². The number of nitrogens with two attached hydrogens (primary N) is 1. The summed E-state index contributed by atoms with van der Waals surface area (Å²) in [4.78, 5) is 1.17. The van der Waals surface area contributed by atoms with Gasteiger partial charge in [0.25, 0.3) is 0 Å². The van der Waals surface area contributed by atoms with Gasteiger partial charge in [0.2, 0.25) is 0 Å². The molecule has 0 radical (unpaired) electrons. The van der Waals surface area contributed by atoms with Crippen molar-refractivity contribution in [3.05, 3.63) is 16.3 Å². The molecule has 0 aliphatic carbocycles. The molecule has 2 N–H and O–H groups in total. The van der Waals surface area contributed by atoms with Crippen molar-refractivity contribution in [3.8, 4) is 5.75 Å². The number of hydrogen-bond donors (Lipinski definition) is 1. The Hall–Kier alpha value is -0.540. The quantitative estimate of drug-likeness (QED) is 0.815. The van der Waals surface area contributed by atoms with E-state index in [4.69, 9.17) is 10.5 Å². The molecular weight excluding hydrogens is 194 g/mol. The third kappa shape index (κ3) is 2.49. The zero-order valence-electron chi connectivity index (χ0n) is 9.12. The fraction of sp³-hybridized carbons (Fsp3) is 0.636. The fourth-order valence-electron chi connectivity index (χ4n) is 1.61. The van der Waals surface area contributed by atoms with Crippen LogP contribution in [0, 0.1) is 5.92 Å². The van der Waals surface area contributed by atoms with E-state index in [2.05, 4.69) is 13.8 Å². The van der Waals surface area contributed by atoms with Crippen LogP contribution in [0.1, 0.15) is 37.6 Å². The number of thiophene rings is 1. The second kappa shape index (κ2) is 5.37. The van der Waals surface area contributed by atoms with Crippen molar-refractivity contribution >= 4 is 11.3 Å². The topological polar surface area (TPSA) is 35.2 Å². The maximum absolute atomic E-state index is 6.18. The predicted molar refractivity (Wildman–Crippen MR) is 61.9 cm³/mol. The Morgan fingerprint density at radius 3 is 2.86 bits per heavy atom. The van der Waals surface area contributed by atoms with Gasteiger partial charge in [-0.15, -0.1) is 11.3 Å². The summed E-state index contributed by atoms with van der Waals surface area (Å²) < 4.78 is 5.27. The van der Waals surface area contributed by atoms with Crippen LogP contribution in [0.2, 0.25) is 0 Å². The van der Waals surface area contributed by atoms with Crippen molar-refractivity contribution in [1.82, 2.24) is 0 Å². The van der Waals surface area contributed by atoms with Gasteiger partial charge in [-0.25, -0.2) is 0 Å². The molecular formula is C11H19NOS. The Bertz CT molecular complexity index is 272. The van der Waals surface area contributed by atoms with Crippen LogP contribution in [0.3, 0.4) is 0 Å². The third-order valence-corrected chi connectivity index (χ3v) is 3.54. The molecule has 1 aromatic rings. The summed E-state index contributed by atoms with van der Waals surface area (Å²) in [7, 11) is 1.70. The van der Waals surface area contributed by atoms with Crippen LogP contribution in [-0.2, 0) is 0 Å². The molecule has 80 valence electrons. The van der Waals surface area contributed by atoms with Crippen molar-refractivity contribution in [3.63, 3.8) is 0 Å². The second-order valence-corrected chi connectivity index (χ2v) is 4.59. The first-order chi connectivity index (χ1) is 6.70. The van der Waals surface area contributed by atoms with Crippen LogP contribution >= 0.6 is 11.3 Å². The van der Waals surface area contributed by atoms with Gasteiger partial charge in [-0.2, -0.15) is 0 Å². The highest BCUT2D eigenvalue weighted by atomic mass is 32.1. The van der Waals surface area contributed by atoms with Crippen LogP contribution < -0.4 is 10.5 Å². The van der Waals surface area contributed by atoms with Gasteiger partial charge in [0.05, 0.1) is 12.0 Å². The summed E-state index contributed by atoms with van der Waals surface area (Å²) in [5.74, 6) is 1.46. The summed E-state index contributed by atoms with van der Waals surface area (Å²) in [6.45, 7) is 4.39.